The summed E-state index contributed by atoms with van der Waals surface area (Å²) in [6.45, 7) is 35.4. The maximum absolute atomic E-state index is 13.3. The summed E-state index contributed by atoms with van der Waals surface area (Å²) in [5.74, 6) is -0.450. The average molecular weight is 780 g/mol. The molecule has 4 rings (SSSR count). The number of aryl methyl sites for hydroxylation is 1. The number of nitrogen functional groups attached to an aromatic ring is 1. The number of fused-ring (bicyclic) bond motifs is 1. The average Bonchev–Trinajstić information content (AvgIpc) is 3.51. The van der Waals surface area contributed by atoms with Gasteiger partial charge in [0.05, 0.1) is 12.9 Å². The number of hydrogen-bond acceptors (Lipinski definition) is 11. The van der Waals surface area contributed by atoms with Gasteiger partial charge in [-0.3, -0.25) is 4.57 Å². The summed E-state index contributed by atoms with van der Waals surface area (Å²) in [6.07, 6.45) is -0.756. The first-order valence-corrected chi connectivity index (χ1v) is 27.8. The number of nitrogens with zero attached hydrogens (tertiary/aromatic N) is 4. The minimum absolute atomic E-state index is 0.0118. The van der Waals surface area contributed by atoms with E-state index in [2.05, 4.69) is 117 Å². The lowest BCUT2D eigenvalue weighted by Gasteiger charge is -2.44. The molecule has 2 aromatic heterocycles. The van der Waals surface area contributed by atoms with E-state index in [-0.39, 0.29) is 43.0 Å². The summed E-state index contributed by atoms with van der Waals surface area (Å²) in [5.41, 5.74) is 7.49. The van der Waals surface area contributed by atoms with Crippen LogP contribution < -0.4 is 9.92 Å². The Kier molecular flexibility index (Phi) is 11.3. The quantitative estimate of drug-likeness (QED) is 0.148. The molecule has 3 heterocycles. The fourth-order valence-electron chi connectivity index (χ4n) is 4.88. The topological polar surface area (TPSA) is 150 Å². The Bertz CT molecular complexity index is 1810. The van der Waals surface area contributed by atoms with E-state index in [9.17, 15) is 8.42 Å². The molecule has 1 aromatic carbocycles. The van der Waals surface area contributed by atoms with Gasteiger partial charge in [0.25, 0.3) is 5.88 Å². The molecule has 0 unspecified atom stereocenters. The number of rotatable bonds is 11. The third-order valence-electron chi connectivity index (χ3n) is 11.4. The van der Waals surface area contributed by atoms with Crippen LogP contribution in [0.1, 0.15) is 74.1 Å². The molecule has 51 heavy (non-hydrogen) atoms. The van der Waals surface area contributed by atoms with E-state index < -0.39 is 59.6 Å². The number of imidazole rings is 1. The molecule has 1 saturated heterocycles. The van der Waals surface area contributed by atoms with Gasteiger partial charge in [0, 0.05) is 0 Å². The van der Waals surface area contributed by atoms with Gasteiger partial charge in [0.1, 0.15) is 23.2 Å². The monoisotopic (exact) mass is 779 g/mol. The van der Waals surface area contributed by atoms with Crippen LogP contribution >= 0.6 is 0 Å². The molecule has 286 valence electrons. The van der Waals surface area contributed by atoms with E-state index in [4.69, 9.17) is 27.9 Å². The van der Waals surface area contributed by atoms with Gasteiger partial charge in [0.15, 0.2) is 42.3 Å². The van der Waals surface area contributed by atoms with Crippen molar-refractivity contribution in [2.24, 2.45) is 0 Å². The van der Waals surface area contributed by atoms with Gasteiger partial charge in [-0.05, 0) is 73.5 Å². The van der Waals surface area contributed by atoms with E-state index >= 15 is 0 Å². The number of hydrogen-bond donors (Lipinski definition) is 1. The zero-order valence-electron chi connectivity index (χ0n) is 33.5. The standard InChI is InChI=1S/C35H61N5O7SSi3/c1-23-17-19-24(20-18-23)48(41,42)45-30-26-29(38-32(36)39-30)40(22-37-26)31-28(47-51(15,16)35(8,9)10)27(46-50(13,14)34(5,6)7)25(44-31)21-43-49(11,12)33(2,3)4/h17-20,22,25,27-28,31H,21H2,1-16H3,(H2,36,38,39)/t25-,27-,28-,31-/m1/s1. The zero-order valence-corrected chi connectivity index (χ0v) is 37.4. The van der Waals surface area contributed by atoms with Crippen molar-refractivity contribution in [2.45, 2.75) is 153 Å². The minimum Gasteiger partial charge on any atom is -0.414 e. The molecule has 0 radical (unpaired) electrons. The van der Waals surface area contributed by atoms with Crippen molar-refractivity contribution < 1.29 is 30.6 Å². The molecule has 12 nitrogen and oxygen atoms in total. The maximum atomic E-state index is 13.3. The number of nitrogens with two attached hydrogens (primary N) is 1. The van der Waals surface area contributed by atoms with Crippen LogP contribution in [0.3, 0.4) is 0 Å². The number of ether oxygens (including phenoxy) is 1. The predicted molar refractivity (Wildman–Crippen MR) is 210 cm³/mol. The largest absolute Gasteiger partial charge is 0.414 e. The SMILES string of the molecule is Cc1ccc(S(=O)(=O)Oc2nc(N)nc3c2ncn3[C@@H]2O[C@H](CO[Si](C)(C)C(C)(C)C)[C@@H](O[Si](C)(C)C(C)(C)C)[C@H]2O[Si](C)(C)C(C)(C)C)cc1. The van der Waals surface area contributed by atoms with Crippen LogP contribution in [-0.4, -0.2) is 77.8 Å². The number of aromatic nitrogens is 4. The molecule has 2 N–H and O–H groups in total. The van der Waals surface area contributed by atoms with Crippen LogP contribution in [-0.2, 0) is 28.1 Å². The fraction of sp³-hybridized carbons (Fsp3) is 0.686. The Morgan fingerprint density at radius 3 is 1.82 bits per heavy atom. The van der Waals surface area contributed by atoms with Crippen LogP contribution in [0.15, 0.2) is 35.5 Å². The summed E-state index contributed by atoms with van der Waals surface area (Å²) < 4.78 is 62.3. The van der Waals surface area contributed by atoms with E-state index in [1.165, 1.54) is 12.1 Å². The molecule has 0 spiro atoms. The van der Waals surface area contributed by atoms with Crippen molar-refractivity contribution in [3.8, 4) is 5.88 Å². The Hall–Kier alpha value is -2.19. The highest BCUT2D eigenvalue weighted by Crippen LogP contribution is 2.47. The zero-order chi connectivity index (χ0) is 38.8. The van der Waals surface area contributed by atoms with E-state index in [0.29, 0.717) is 6.61 Å². The molecule has 0 bridgehead atoms. The highest BCUT2D eigenvalue weighted by atomic mass is 32.2. The van der Waals surface area contributed by atoms with Crippen LogP contribution in [0.5, 0.6) is 5.88 Å². The second-order valence-corrected chi connectivity index (χ2v) is 34.3. The molecule has 16 heteroatoms. The summed E-state index contributed by atoms with van der Waals surface area (Å²) in [5, 5.41) is -0.220. The summed E-state index contributed by atoms with van der Waals surface area (Å²) in [4.78, 5) is 13.2. The third-order valence-corrected chi connectivity index (χ3v) is 26.0. The van der Waals surface area contributed by atoms with Crippen molar-refractivity contribution >= 4 is 52.2 Å². The lowest BCUT2D eigenvalue weighted by molar-refractivity contribution is -0.0470. The second-order valence-electron chi connectivity index (χ2n) is 18.4. The van der Waals surface area contributed by atoms with E-state index in [1.54, 1.807) is 23.0 Å². The van der Waals surface area contributed by atoms with Gasteiger partial charge in [0.2, 0.25) is 5.95 Å². The van der Waals surface area contributed by atoms with Crippen molar-refractivity contribution in [2.75, 3.05) is 12.3 Å². The van der Waals surface area contributed by atoms with Crippen LogP contribution in [0, 0.1) is 6.92 Å². The third kappa shape index (κ3) is 8.79. The van der Waals surface area contributed by atoms with Gasteiger partial charge in [-0.1, -0.05) is 80.0 Å². The first-order valence-electron chi connectivity index (χ1n) is 17.6. The lowest BCUT2D eigenvalue weighted by atomic mass is 10.1. The normalized spacial score (nSPS) is 21.4. The molecular weight excluding hydrogens is 719 g/mol. The van der Waals surface area contributed by atoms with Crippen molar-refractivity contribution in [1.82, 2.24) is 19.5 Å². The van der Waals surface area contributed by atoms with Gasteiger partial charge in [-0.15, -0.1) is 0 Å². The molecule has 1 fully saturated rings. The fourth-order valence-corrected chi connectivity index (χ4v) is 9.39. The Morgan fingerprint density at radius 1 is 0.804 bits per heavy atom. The van der Waals surface area contributed by atoms with Gasteiger partial charge in [-0.25, -0.2) is 4.98 Å². The molecule has 1 aliphatic rings. The molecule has 4 atom stereocenters. The molecule has 0 aliphatic carbocycles. The Morgan fingerprint density at radius 2 is 1.31 bits per heavy atom. The molecule has 1 aliphatic heterocycles. The first-order chi connectivity index (χ1) is 23.0. The van der Waals surface area contributed by atoms with E-state index in [0.717, 1.165) is 5.56 Å². The van der Waals surface area contributed by atoms with Crippen LogP contribution in [0.25, 0.3) is 11.2 Å². The van der Waals surface area contributed by atoms with Gasteiger partial charge >= 0.3 is 10.1 Å². The van der Waals surface area contributed by atoms with Crippen molar-refractivity contribution in [3.63, 3.8) is 0 Å². The highest BCUT2D eigenvalue weighted by Gasteiger charge is 2.55. The predicted octanol–water partition coefficient (Wildman–Crippen LogP) is 8.18. The minimum atomic E-state index is -4.26. The number of anilines is 1. The Balaban J connectivity index is 1.87. The molecular formula is C35H61N5O7SSi3. The van der Waals surface area contributed by atoms with Gasteiger partial charge in [-0.2, -0.15) is 18.4 Å². The van der Waals surface area contributed by atoms with Crippen LogP contribution in [0.2, 0.25) is 54.4 Å². The summed E-state index contributed by atoms with van der Waals surface area (Å²) in [7, 11) is -11.3. The van der Waals surface area contributed by atoms with Crippen LogP contribution in [0.4, 0.5) is 5.95 Å². The van der Waals surface area contributed by atoms with Crippen molar-refractivity contribution in [3.05, 3.63) is 36.2 Å². The second kappa shape index (κ2) is 13.9. The van der Waals surface area contributed by atoms with E-state index in [1.807, 2.05) is 6.92 Å². The molecule has 0 saturated carbocycles. The Labute approximate surface area is 308 Å². The molecule has 0 amide bonds. The summed E-state index contributed by atoms with van der Waals surface area (Å²) >= 11 is 0. The maximum Gasteiger partial charge on any atom is 0.340 e. The highest BCUT2D eigenvalue weighted by molar-refractivity contribution is 7.87. The lowest BCUT2D eigenvalue weighted by Crippen LogP contribution is -2.54. The number of benzene rings is 1. The smallest absolute Gasteiger partial charge is 0.340 e. The summed E-state index contributed by atoms with van der Waals surface area (Å²) in [6, 6.07) is 6.36. The first kappa shape index (κ1) is 41.6. The van der Waals surface area contributed by atoms with Crippen molar-refractivity contribution in [1.29, 1.82) is 0 Å². The molecule has 3 aromatic rings. The van der Waals surface area contributed by atoms with Gasteiger partial charge < -0.3 is 27.9 Å².